The maximum absolute atomic E-state index is 6.16. The Hall–Kier alpha value is -2.47. The highest BCUT2D eigenvalue weighted by Crippen LogP contribution is 2.30. The third-order valence-electron chi connectivity index (χ3n) is 3.11. The normalized spacial score (nSPS) is 10.8. The quantitative estimate of drug-likeness (QED) is 0.805. The summed E-state index contributed by atoms with van der Waals surface area (Å²) in [4.78, 5) is 8.67. The molecule has 0 radical (unpaired) electrons. The van der Waals surface area contributed by atoms with Crippen LogP contribution in [0, 0.1) is 0 Å². The molecule has 0 fully saturated rings. The van der Waals surface area contributed by atoms with Gasteiger partial charge < -0.3 is 15.2 Å². The van der Waals surface area contributed by atoms with E-state index in [0.29, 0.717) is 33.8 Å². The molecule has 0 bridgehead atoms. The molecule has 21 heavy (non-hydrogen) atoms. The number of halogens is 1. The van der Waals surface area contributed by atoms with Crippen molar-refractivity contribution in [3.8, 4) is 17.3 Å². The van der Waals surface area contributed by atoms with Crippen molar-refractivity contribution in [3.63, 3.8) is 0 Å². The number of ether oxygens (including phenoxy) is 2. The number of imidazole rings is 1. The number of hydrogen-bond donors (Lipinski definition) is 1. The lowest BCUT2D eigenvalue weighted by atomic mass is 10.3. The van der Waals surface area contributed by atoms with E-state index in [1.165, 1.54) is 0 Å². The Morgan fingerprint density at radius 1 is 1.10 bits per heavy atom. The lowest BCUT2D eigenvalue weighted by Crippen LogP contribution is -2.02. The number of anilines is 1. The number of nitrogens with two attached hydrogens (primary N) is 1. The zero-order chi connectivity index (χ0) is 15.0. The van der Waals surface area contributed by atoms with E-state index in [-0.39, 0.29) is 0 Å². The zero-order valence-electron chi connectivity index (χ0n) is 11.5. The van der Waals surface area contributed by atoms with Gasteiger partial charge in [0.2, 0.25) is 11.8 Å². The highest BCUT2D eigenvalue weighted by atomic mass is 35.5. The number of methoxy groups -OCH3 is 2. The fourth-order valence-corrected chi connectivity index (χ4v) is 2.37. The van der Waals surface area contributed by atoms with Crippen LogP contribution in [0.25, 0.3) is 16.9 Å². The molecule has 108 valence electrons. The Balaban J connectivity index is 2.23. The summed E-state index contributed by atoms with van der Waals surface area (Å²) in [6, 6.07) is 8.89. The number of fused-ring (bicyclic) bond motifs is 1. The van der Waals surface area contributed by atoms with Crippen molar-refractivity contribution in [1.82, 2.24) is 14.5 Å². The molecule has 3 rings (SSSR count). The number of nitrogens with zero attached hydrogens (tertiary/aromatic N) is 3. The molecule has 0 aliphatic rings. The smallest absolute Gasteiger partial charge is 0.215 e. The van der Waals surface area contributed by atoms with Crippen molar-refractivity contribution >= 4 is 28.7 Å². The molecule has 0 atom stereocenters. The highest BCUT2D eigenvalue weighted by molar-refractivity contribution is 6.32. The van der Waals surface area contributed by atoms with Gasteiger partial charge in [0.1, 0.15) is 11.3 Å². The van der Waals surface area contributed by atoms with E-state index >= 15 is 0 Å². The van der Waals surface area contributed by atoms with Gasteiger partial charge in [-0.1, -0.05) is 11.6 Å². The molecule has 3 aromatic rings. The largest absolute Gasteiger partial charge is 0.495 e. The van der Waals surface area contributed by atoms with Crippen LogP contribution in [0.2, 0.25) is 5.02 Å². The van der Waals surface area contributed by atoms with Gasteiger partial charge in [0.05, 0.1) is 24.9 Å². The van der Waals surface area contributed by atoms with E-state index in [2.05, 4.69) is 9.97 Å². The molecule has 2 heterocycles. The molecule has 2 aromatic heterocycles. The van der Waals surface area contributed by atoms with Crippen LogP contribution < -0.4 is 15.2 Å². The topological polar surface area (TPSA) is 75.2 Å². The minimum atomic E-state index is 0.326. The highest BCUT2D eigenvalue weighted by Gasteiger charge is 2.13. The van der Waals surface area contributed by atoms with Crippen LogP contribution in [-0.2, 0) is 0 Å². The minimum Gasteiger partial charge on any atom is -0.495 e. The van der Waals surface area contributed by atoms with Crippen LogP contribution in [-0.4, -0.2) is 28.8 Å². The van der Waals surface area contributed by atoms with Gasteiger partial charge in [-0.15, -0.1) is 0 Å². The first-order valence-electron chi connectivity index (χ1n) is 6.17. The predicted molar refractivity (Wildman–Crippen MR) is 81.4 cm³/mol. The summed E-state index contributed by atoms with van der Waals surface area (Å²) in [6.07, 6.45) is 0. The lowest BCUT2D eigenvalue weighted by molar-refractivity contribution is 0.399. The number of hydrogen-bond acceptors (Lipinski definition) is 5. The molecule has 0 unspecified atom stereocenters. The van der Waals surface area contributed by atoms with Crippen LogP contribution in [0.3, 0.4) is 0 Å². The second-order valence-electron chi connectivity index (χ2n) is 4.32. The van der Waals surface area contributed by atoms with Gasteiger partial charge in [-0.3, -0.25) is 4.57 Å². The summed E-state index contributed by atoms with van der Waals surface area (Å²) in [7, 11) is 3.12. The van der Waals surface area contributed by atoms with Gasteiger partial charge in [-0.25, -0.2) is 4.98 Å². The summed E-state index contributed by atoms with van der Waals surface area (Å²) in [5.41, 5.74) is 8.03. The van der Waals surface area contributed by atoms with Crippen molar-refractivity contribution in [2.75, 3.05) is 20.0 Å². The van der Waals surface area contributed by atoms with E-state index < -0.39 is 0 Å². The number of aromatic nitrogens is 3. The maximum Gasteiger partial charge on any atom is 0.215 e. The van der Waals surface area contributed by atoms with E-state index in [1.807, 2.05) is 6.07 Å². The van der Waals surface area contributed by atoms with E-state index in [4.69, 9.17) is 26.8 Å². The van der Waals surface area contributed by atoms with Gasteiger partial charge in [-0.05, 0) is 24.3 Å². The fraction of sp³-hybridized carbons (Fsp3) is 0.143. The Labute approximate surface area is 126 Å². The second kappa shape index (κ2) is 5.14. The van der Waals surface area contributed by atoms with Crippen LogP contribution in [0.5, 0.6) is 11.6 Å². The van der Waals surface area contributed by atoms with Crippen molar-refractivity contribution < 1.29 is 9.47 Å². The van der Waals surface area contributed by atoms with Gasteiger partial charge in [0.25, 0.3) is 0 Å². The monoisotopic (exact) mass is 304 g/mol. The minimum absolute atomic E-state index is 0.326. The molecule has 0 saturated heterocycles. The summed E-state index contributed by atoms with van der Waals surface area (Å²) in [5.74, 6) is 1.41. The second-order valence-corrected chi connectivity index (χ2v) is 4.73. The number of rotatable bonds is 3. The summed E-state index contributed by atoms with van der Waals surface area (Å²) < 4.78 is 12.0. The van der Waals surface area contributed by atoms with Crippen LogP contribution in [0.15, 0.2) is 30.3 Å². The molecule has 6 nitrogen and oxygen atoms in total. The first-order valence-corrected chi connectivity index (χ1v) is 6.54. The third kappa shape index (κ3) is 2.23. The van der Waals surface area contributed by atoms with Gasteiger partial charge in [0.15, 0.2) is 5.65 Å². The average molecular weight is 305 g/mol. The third-order valence-corrected chi connectivity index (χ3v) is 3.40. The molecule has 0 amide bonds. The van der Waals surface area contributed by atoms with Crippen molar-refractivity contribution in [2.24, 2.45) is 0 Å². The van der Waals surface area contributed by atoms with Crippen LogP contribution in [0.1, 0.15) is 0 Å². The molecule has 0 saturated carbocycles. The molecule has 1 aromatic carbocycles. The molecule has 2 N–H and O–H groups in total. The SMILES string of the molecule is COc1ccc2nc(N)n(-c3ccc(OC)c(Cl)c3)c2n1. The number of pyridine rings is 1. The Morgan fingerprint density at radius 3 is 2.57 bits per heavy atom. The number of benzene rings is 1. The van der Waals surface area contributed by atoms with Crippen LogP contribution >= 0.6 is 11.6 Å². The van der Waals surface area contributed by atoms with E-state index in [9.17, 15) is 0 Å². The van der Waals surface area contributed by atoms with Gasteiger partial charge in [0, 0.05) is 6.07 Å². The Bertz CT molecular complexity index is 816. The van der Waals surface area contributed by atoms with Crippen LogP contribution in [0.4, 0.5) is 5.95 Å². The first kappa shape index (κ1) is 13.5. The maximum atomic E-state index is 6.16. The molecular weight excluding hydrogens is 292 g/mol. The predicted octanol–water partition coefficient (Wildman–Crippen LogP) is 2.67. The molecule has 0 spiro atoms. The van der Waals surface area contributed by atoms with E-state index in [0.717, 1.165) is 5.69 Å². The first-order chi connectivity index (χ1) is 10.1. The van der Waals surface area contributed by atoms with Crippen molar-refractivity contribution in [3.05, 3.63) is 35.4 Å². The Morgan fingerprint density at radius 2 is 1.90 bits per heavy atom. The van der Waals surface area contributed by atoms with Gasteiger partial charge in [-0.2, -0.15) is 4.98 Å². The number of nitrogen functional groups attached to an aromatic ring is 1. The van der Waals surface area contributed by atoms with Crippen molar-refractivity contribution in [1.29, 1.82) is 0 Å². The molecule has 7 heteroatoms. The Kier molecular flexibility index (Phi) is 3.31. The summed E-state index contributed by atoms with van der Waals surface area (Å²) in [6.45, 7) is 0. The lowest BCUT2D eigenvalue weighted by Gasteiger charge is -2.09. The fourth-order valence-electron chi connectivity index (χ4n) is 2.12. The molecule has 0 aliphatic carbocycles. The van der Waals surface area contributed by atoms with Gasteiger partial charge >= 0.3 is 0 Å². The summed E-state index contributed by atoms with van der Waals surface area (Å²) in [5, 5.41) is 0.485. The summed E-state index contributed by atoms with van der Waals surface area (Å²) >= 11 is 6.16. The van der Waals surface area contributed by atoms with E-state index in [1.54, 1.807) is 43.1 Å². The molecule has 0 aliphatic heterocycles. The molecular formula is C14H13ClN4O2. The zero-order valence-corrected chi connectivity index (χ0v) is 12.3. The average Bonchev–Trinajstić information content (AvgIpc) is 2.81. The van der Waals surface area contributed by atoms with Crippen molar-refractivity contribution in [2.45, 2.75) is 0 Å². The standard InChI is InChI=1S/C14H13ClN4O2/c1-20-11-5-3-8(7-9(11)15)19-13-10(17-14(19)16)4-6-12(18-13)21-2/h3-7H,1-2H3,(H2,16,17).